The van der Waals surface area contributed by atoms with E-state index in [1.165, 1.54) is 16.2 Å². The third-order valence-corrected chi connectivity index (χ3v) is 7.54. The predicted molar refractivity (Wildman–Crippen MR) is 128 cm³/mol. The van der Waals surface area contributed by atoms with Crippen LogP contribution >= 0.6 is 22.7 Å². The minimum atomic E-state index is -0.571. The summed E-state index contributed by atoms with van der Waals surface area (Å²) in [6.45, 7) is 3.76. The summed E-state index contributed by atoms with van der Waals surface area (Å²) in [6.07, 6.45) is 0. The van der Waals surface area contributed by atoms with E-state index in [2.05, 4.69) is 21.0 Å². The normalized spacial score (nSPS) is 14.3. The van der Waals surface area contributed by atoms with Gasteiger partial charge in [0.2, 0.25) is 0 Å². The number of imidazole rings is 1. The standard InChI is InChI=1S/C24H17N5O2S2/c1-12-10-32-22(26-12)20-19(14-7-8-17-18(9-14)33-11-25-17)27-21(28-20)13(2)29-23(30)15-5-3-4-6-16(15)24(29)31/h3-11,13H,1-2H3,(H,27,28). The predicted octanol–water partition coefficient (Wildman–Crippen LogP) is 5.48. The molecular weight excluding hydrogens is 454 g/mol. The van der Waals surface area contributed by atoms with Gasteiger partial charge in [-0.3, -0.25) is 14.5 Å². The van der Waals surface area contributed by atoms with Gasteiger partial charge >= 0.3 is 0 Å². The highest BCUT2D eigenvalue weighted by Gasteiger charge is 2.40. The Labute approximate surface area is 196 Å². The van der Waals surface area contributed by atoms with Crippen LogP contribution < -0.4 is 0 Å². The van der Waals surface area contributed by atoms with Crippen LogP contribution in [-0.4, -0.2) is 36.7 Å². The van der Waals surface area contributed by atoms with E-state index in [9.17, 15) is 9.59 Å². The average molecular weight is 472 g/mol. The molecule has 0 saturated heterocycles. The molecule has 7 nitrogen and oxygen atoms in total. The summed E-state index contributed by atoms with van der Waals surface area (Å²) in [5.74, 6) is -0.0793. The second-order valence-corrected chi connectivity index (χ2v) is 9.62. The lowest BCUT2D eigenvalue weighted by Crippen LogP contribution is -2.33. The molecule has 0 fully saturated rings. The Morgan fingerprint density at radius 3 is 2.45 bits per heavy atom. The number of carbonyl (C=O) groups is 2. The number of nitrogens with zero attached hydrogens (tertiary/aromatic N) is 4. The zero-order valence-corrected chi connectivity index (χ0v) is 19.3. The number of aryl methyl sites for hydroxylation is 1. The third kappa shape index (κ3) is 3.12. The Morgan fingerprint density at radius 2 is 1.76 bits per heavy atom. The van der Waals surface area contributed by atoms with Gasteiger partial charge in [0, 0.05) is 16.6 Å². The van der Waals surface area contributed by atoms with E-state index in [1.807, 2.05) is 36.9 Å². The van der Waals surface area contributed by atoms with Gasteiger partial charge in [-0.1, -0.05) is 18.2 Å². The number of amides is 2. The quantitative estimate of drug-likeness (QED) is 0.351. The van der Waals surface area contributed by atoms with E-state index in [0.29, 0.717) is 17.0 Å². The van der Waals surface area contributed by atoms with E-state index in [0.717, 1.165) is 37.9 Å². The molecule has 162 valence electrons. The molecule has 0 spiro atoms. The van der Waals surface area contributed by atoms with E-state index >= 15 is 0 Å². The van der Waals surface area contributed by atoms with Crippen molar-refractivity contribution in [2.45, 2.75) is 19.9 Å². The molecule has 5 aromatic rings. The van der Waals surface area contributed by atoms with E-state index < -0.39 is 6.04 Å². The molecule has 2 aromatic carbocycles. The zero-order valence-electron chi connectivity index (χ0n) is 17.7. The number of thiazole rings is 2. The maximum Gasteiger partial charge on any atom is 0.262 e. The monoisotopic (exact) mass is 471 g/mol. The summed E-state index contributed by atoms with van der Waals surface area (Å²) < 4.78 is 1.06. The number of benzene rings is 2. The Hall–Kier alpha value is -3.69. The van der Waals surface area contributed by atoms with E-state index in [1.54, 1.807) is 35.6 Å². The summed E-state index contributed by atoms with van der Waals surface area (Å²) in [4.78, 5) is 44.6. The fourth-order valence-corrected chi connectivity index (χ4v) is 5.62. The first-order valence-electron chi connectivity index (χ1n) is 10.3. The Kier molecular flexibility index (Phi) is 4.49. The van der Waals surface area contributed by atoms with Crippen LogP contribution in [0.15, 0.2) is 53.4 Å². The second-order valence-electron chi connectivity index (χ2n) is 7.88. The first-order valence-corrected chi connectivity index (χ1v) is 12.1. The van der Waals surface area contributed by atoms with Crippen LogP contribution in [0.2, 0.25) is 0 Å². The summed E-state index contributed by atoms with van der Waals surface area (Å²) in [6, 6.07) is 12.3. The van der Waals surface area contributed by atoms with Crippen molar-refractivity contribution < 1.29 is 9.59 Å². The van der Waals surface area contributed by atoms with Crippen LogP contribution in [0.5, 0.6) is 0 Å². The Morgan fingerprint density at radius 1 is 1.00 bits per heavy atom. The van der Waals surface area contributed by atoms with Gasteiger partial charge < -0.3 is 4.98 Å². The SMILES string of the molecule is Cc1csc(-c2[nH]c(C(C)N3C(=O)c4ccccc4C3=O)nc2-c2ccc3ncsc3c2)n1. The minimum absolute atomic E-state index is 0.307. The Bertz CT molecular complexity index is 1530. The third-order valence-electron chi connectivity index (χ3n) is 5.77. The van der Waals surface area contributed by atoms with Gasteiger partial charge in [-0.05, 0) is 38.1 Å². The van der Waals surface area contributed by atoms with Gasteiger partial charge in [-0.25, -0.2) is 15.0 Å². The number of fused-ring (bicyclic) bond motifs is 2. The van der Waals surface area contributed by atoms with Crippen molar-refractivity contribution in [3.8, 4) is 22.0 Å². The van der Waals surface area contributed by atoms with E-state index in [-0.39, 0.29) is 11.8 Å². The number of imide groups is 1. The number of rotatable bonds is 4. The molecule has 9 heteroatoms. The van der Waals surface area contributed by atoms with Crippen LogP contribution in [0.3, 0.4) is 0 Å². The maximum atomic E-state index is 13.0. The molecule has 1 aliphatic heterocycles. The molecule has 0 aliphatic carbocycles. The molecule has 0 radical (unpaired) electrons. The van der Waals surface area contributed by atoms with Crippen molar-refractivity contribution in [1.82, 2.24) is 24.8 Å². The highest BCUT2D eigenvalue weighted by atomic mass is 32.1. The average Bonchev–Trinajstić information content (AvgIpc) is 3.60. The summed E-state index contributed by atoms with van der Waals surface area (Å²) in [5.41, 5.74) is 6.95. The zero-order chi connectivity index (χ0) is 22.7. The topological polar surface area (TPSA) is 91.8 Å². The number of carbonyl (C=O) groups excluding carboxylic acids is 2. The number of H-pyrrole nitrogens is 1. The molecule has 2 amide bonds. The molecule has 1 N–H and O–H groups in total. The summed E-state index contributed by atoms with van der Waals surface area (Å²) in [5, 5.41) is 2.79. The van der Waals surface area contributed by atoms with E-state index in [4.69, 9.17) is 4.98 Å². The van der Waals surface area contributed by atoms with Crippen LogP contribution in [0.25, 0.3) is 32.2 Å². The lowest BCUT2D eigenvalue weighted by atomic mass is 10.1. The minimum Gasteiger partial charge on any atom is -0.338 e. The van der Waals surface area contributed by atoms with Crippen LogP contribution in [0.1, 0.15) is 45.2 Å². The number of nitrogens with one attached hydrogen (secondary N) is 1. The van der Waals surface area contributed by atoms with Gasteiger partial charge in [0.1, 0.15) is 16.5 Å². The van der Waals surface area contributed by atoms with Crippen LogP contribution in [-0.2, 0) is 0 Å². The highest BCUT2D eigenvalue weighted by Crippen LogP contribution is 2.37. The number of hydrogen-bond acceptors (Lipinski definition) is 7. The lowest BCUT2D eigenvalue weighted by Gasteiger charge is -2.20. The molecule has 1 atom stereocenters. The molecular formula is C24H17N5O2S2. The van der Waals surface area contributed by atoms with Gasteiger partial charge in [0.15, 0.2) is 0 Å². The van der Waals surface area contributed by atoms with Crippen molar-refractivity contribution >= 4 is 44.7 Å². The fourth-order valence-electron chi connectivity index (χ4n) is 4.11. The maximum absolute atomic E-state index is 13.0. The number of hydrogen-bond donors (Lipinski definition) is 1. The molecule has 4 heterocycles. The number of aromatic nitrogens is 4. The number of aromatic amines is 1. The Balaban J connectivity index is 1.47. The first kappa shape index (κ1) is 20.0. The highest BCUT2D eigenvalue weighted by molar-refractivity contribution is 7.16. The van der Waals surface area contributed by atoms with Crippen molar-refractivity contribution in [3.05, 3.63) is 76.0 Å². The molecule has 6 rings (SSSR count). The van der Waals surface area contributed by atoms with Crippen molar-refractivity contribution in [2.75, 3.05) is 0 Å². The largest absolute Gasteiger partial charge is 0.338 e. The van der Waals surface area contributed by atoms with Gasteiger partial charge in [-0.2, -0.15) is 0 Å². The molecule has 3 aromatic heterocycles. The van der Waals surface area contributed by atoms with Crippen molar-refractivity contribution in [3.63, 3.8) is 0 Å². The van der Waals surface area contributed by atoms with Gasteiger partial charge in [-0.15, -0.1) is 22.7 Å². The molecule has 0 bridgehead atoms. The van der Waals surface area contributed by atoms with Crippen molar-refractivity contribution in [2.24, 2.45) is 0 Å². The van der Waals surface area contributed by atoms with Gasteiger partial charge in [0.25, 0.3) is 11.8 Å². The molecule has 0 saturated carbocycles. The molecule has 1 unspecified atom stereocenters. The van der Waals surface area contributed by atoms with Gasteiger partial charge in [0.05, 0.1) is 38.6 Å². The molecule has 33 heavy (non-hydrogen) atoms. The lowest BCUT2D eigenvalue weighted by molar-refractivity contribution is 0.0589. The smallest absolute Gasteiger partial charge is 0.262 e. The van der Waals surface area contributed by atoms with Crippen LogP contribution in [0.4, 0.5) is 0 Å². The first-order chi connectivity index (χ1) is 16.0. The fraction of sp³-hybridized carbons (Fsp3) is 0.125. The molecule has 1 aliphatic rings. The summed E-state index contributed by atoms with van der Waals surface area (Å²) in [7, 11) is 0. The summed E-state index contributed by atoms with van der Waals surface area (Å²) >= 11 is 3.09. The van der Waals surface area contributed by atoms with Crippen molar-refractivity contribution in [1.29, 1.82) is 0 Å². The van der Waals surface area contributed by atoms with Crippen LogP contribution in [0, 0.1) is 6.92 Å². The second kappa shape index (κ2) is 7.43.